The highest BCUT2D eigenvalue weighted by atomic mass is 35.5. The zero-order valence-electron chi connectivity index (χ0n) is 10.8. The van der Waals surface area contributed by atoms with Crippen LogP contribution in [0.4, 0.5) is 5.69 Å². The summed E-state index contributed by atoms with van der Waals surface area (Å²) in [5, 5.41) is 11.2. The van der Waals surface area contributed by atoms with Crippen molar-refractivity contribution in [2.24, 2.45) is 5.92 Å². The fourth-order valence-corrected chi connectivity index (χ4v) is 2.65. The van der Waals surface area contributed by atoms with Crippen molar-refractivity contribution >= 4 is 23.2 Å². The Hall–Kier alpha value is -1.95. The first-order valence-electron chi connectivity index (χ1n) is 6.57. The van der Waals surface area contributed by atoms with Gasteiger partial charge in [0.2, 0.25) is 5.91 Å². The second-order valence-corrected chi connectivity index (χ2v) is 5.23. The maximum absolute atomic E-state index is 12.0. The van der Waals surface area contributed by atoms with Gasteiger partial charge in [0.1, 0.15) is 0 Å². The maximum atomic E-state index is 12.0. The smallest absolute Gasteiger partial charge is 0.227 e. The molecule has 0 aromatic carbocycles. The molecule has 1 aliphatic carbocycles. The van der Waals surface area contributed by atoms with Crippen molar-refractivity contribution < 1.29 is 4.79 Å². The summed E-state index contributed by atoms with van der Waals surface area (Å²) in [6.45, 7) is 0. The number of hydrogen-bond acceptors (Lipinski definition) is 4. The van der Waals surface area contributed by atoms with Gasteiger partial charge >= 0.3 is 0 Å². The number of carbonyl (C=O) groups excluding carboxylic acids is 1. The van der Waals surface area contributed by atoms with Crippen molar-refractivity contribution in [3.05, 3.63) is 29.7 Å². The summed E-state index contributed by atoms with van der Waals surface area (Å²) < 4.78 is 0. The Morgan fingerprint density at radius 1 is 1.30 bits per heavy atom. The van der Waals surface area contributed by atoms with E-state index in [1.165, 1.54) is 4.80 Å². The average molecular weight is 292 g/mol. The van der Waals surface area contributed by atoms with Gasteiger partial charge in [-0.15, -0.1) is 4.80 Å². The van der Waals surface area contributed by atoms with Crippen LogP contribution in [0.5, 0.6) is 0 Å². The molecule has 0 radical (unpaired) electrons. The van der Waals surface area contributed by atoms with Gasteiger partial charge in [0.25, 0.3) is 0 Å². The molecule has 0 saturated heterocycles. The van der Waals surface area contributed by atoms with Crippen molar-refractivity contribution in [2.45, 2.75) is 25.7 Å². The summed E-state index contributed by atoms with van der Waals surface area (Å²) in [5.41, 5.74) is 0.600. The number of pyridine rings is 1. The van der Waals surface area contributed by atoms with Crippen LogP contribution in [0.15, 0.2) is 24.7 Å². The van der Waals surface area contributed by atoms with Crippen LogP contribution in [0.25, 0.3) is 5.82 Å². The highest BCUT2D eigenvalue weighted by Crippen LogP contribution is 2.27. The average Bonchev–Trinajstić information content (AvgIpc) is 3.12. The van der Waals surface area contributed by atoms with Crippen molar-refractivity contribution in [1.29, 1.82) is 0 Å². The molecule has 104 valence electrons. The number of anilines is 1. The largest absolute Gasteiger partial charge is 0.324 e. The first-order chi connectivity index (χ1) is 9.74. The van der Waals surface area contributed by atoms with Crippen LogP contribution in [0.1, 0.15) is 25.7 Å². The molecular weight excluding hydrogens is 278 g/mol. The standard InChI is InChI=1S/C13H14ClN5O/c14-11-7-10(18-13(20)9-3-1-2-4-9)8-15-12(11)19-16-5-6-17-19/h5-9H,1-4H2,(H,18,20). The number of halogens is 1. The Labute approximate surface area is 121 Å². The molecule has 0 spiro atoms. The molecule has 1 aliphatic rings. The predicted molar refractivity (Wildman–Crippen MR) is 74.8 cm³/mol. The van der Waals surface area contributed by atoms with Crippen molar-refractivity contribution in [2.75, 3.05) is 5.32 Å². The van der Waals surface area contributed by atoms with E-state index < -0.39 is 0 Å². The molecule has 1 amide bonds. The van der Waals surface area contributed by atoms with E-state index >= 15 is 0 Å². The highest BCUT2D eigenvalue weighted by molar-refractivity contribution is 6.32. The summed E-state index contributed by atoms with van der Waals surface area (Å²) in [7, 11) is 0. The lowest BCUT2D eigenvalue weighted by molar-refractivity contribution is -0.119. The topological polar surface area (TPSA) is 72.7 Å². The van der Waals surface area contributed by atoms with Crippen LogP contribution in [-0.4, -0.2) is 25.9 Å². The van der Waals surface area contributed by atoms with E-state index in [1.54, 1.807) is 24.7 Å². The molecule has 6 nitrogen and oxygen atoms in total. The Morgan fingerprint density at radius 3 is 2.65 bits per heavy atom. The van der Waals surface area contributed by atoms with Gasteiger partial charge in [-0.1, -0.05) is 24.4 Å². The molecule has 0 aliphatic heterocycles. The minimum Gasteiger partial charge on any atom is -0.324 e. The van der Waals surface area contributed by atoms with Crippen molar-refractivity contribution in [1.82, 2.24) is 20.0 Å². The first-order valence-corrected chi connectivity index (χ1v) is 6.95. The highest BCUT2D eigenvalue weighted by Gasteiger charge is 2.22. The third-order valence-corrected chi connectivity index (χ3v) is 3.70. The summed E-state index contributed by atoms with van der Waals surface area (Å²) in [4.78, 5) is 17.6. The van der Waals surface area contributed by atoms with E-state index in [0.717, 1.165) is 25.7 Å². The van der Waals surface area contributed by atoms with E-state index in [2.05, 4.69) is 20.5 Å². The van der Waals surface area contributed by atoms with Gasteiger partial charge in [0, 0.05) is 5.92 Å². The molecule has 1 N–H and O–H groups in total. The quantitative estimate of drug-likeness (QED) is 0.943. The molecule has 0 bridgehead atoms. The Kier molecular flexibility index (Phi) is 3.64. The van der Waals surface area contributed by atoms with Crippen molar-refractivity contribution in [3.8, 4) is 5.82 Å². The molecule has 3 rings (SSSR count). The minimum absolute atomic E-state index is 0.0466. The Morgan fingerprint density at radius 2 is 2.00 bits per heavy atom. The number of nitrogens with zero attached hydrogens (tertiary/aromatic N) is 4. The number of nitrogens with one attached hydrogen (secondary N) is 1. The monoisotopic (exact) mass is 291 g/mol. The normalized spacial score (nSPS) is 15.4. The molecule has 2 aromatic heterocycles. The zero-order valence-corrected chi connectivity index (χ0v) is 11.5. The van der Waals surface area contributed by atoms with Crippen LogP contribution >= 0.6 is 11.6 Å². The van der Waals surface area contributed by atoms with E-state index in [4.69, 9.17) is 11.6 Å². The van der Waals surface area contributed by atoms with Gasteiger partial charge in [-0.05, 0) is 18.9 Å². The van der Waals surface area contributed by atoms with Gasteiger partial charge < -0.3 is 5.32 Å². The van der Waals surface area contributed by atoms with E-state index in [9.17, 15) is 4.79 Å². The molecule has 2 heterocycles. The summed E-state index contributed by atoms with van der Waals surface area (Å²) in [6, 6.07) is 1.67. The number of amides is 1. The SMILES string of the molecule is O=C(Nc1cnc(-n2nccn2)c(Cl)c1)C1CCCC1. The number of carbonyl (C=O) groups is 1. The van der Waals surface area contributed by atoms with Crippen LogP contribution in [0, 0.1) is 5.92 Å². The molecule has 2 aromatic rings. The van der Waals surface area contributed by atoms with Gasteiger partial charge in [-0.2, -0.15) is 10.2 Å². The minimum atomic E-state index is 0.0466. The van der Waals surface area contributed by atoms with Crippen LogP contribution < -0.4 is 5.32 Å². The van der Waals surface area contributed by atoms with Gasteiger partial charge in [0.05, 0.1) is 29.3 Å². The predicted octanol–water partition coefficient (Wildman–Crippen LogP) is 2.44. The van der Waals surface area contributed by atoms with Crippen LogP contribution in [-0.2, 0) is 4.79 Å². The van der Waals surface area contributed by atoms with Crippen LogP contribution in [0.2, 0.25) is 5.02 Å². The maximum Gasteiger partial charge on any atom is 0.227 e. The van der Waals surface area contributed by atoms with Crippen LogP contribution in [0.3, 0.4) is 0 Å². The Balaban J connectivity index is 1.75. The fraction of sp³-hybridized carbons (Fsp3) is 0.385. The molecule has 0 unspecified atom stereocenters. The molecule has 1 saturated carbocycles. The molecular formula is C13H14ClN5O. The number of rotatable bonds is 3. The summed E-state index contributed by atoms with van der Waals surface area (Å²) >= 11 is 6.15. The summed E-state index contributed by atoms with van der Waals surface area (Å²) in [6.07, 6.45) is 8.84. The zero-order chi connectivity index (χ0) is 13.9. The number of hydrogen-bond donors (Lipinski definition) is 1. The Bertz CT molecular complexity index is 607. The molecule has 0 atom stereocenters. The number of aromatic nitrogens is 4. The lowest BCUT2D eigenvalue weighted by Crippen LogP contribution is -2.20. The second kappa shape index (κ2) is 5.58. The van der Waals surface area contributed by atoms with Crippen molar-refractivity contribution in [3.63, 3.8) is 0 Å². The molecule has 7 heteroatoms. The first kappa shape index (κ1) is 13.1. The molecule has 1 fully saturated rings. The van der Waals surface area contributed by atoms with E-state index in [0.29, 0.717) is 16.5 Å². The summed E-state index contributed by atoms with van der Waals surface area (Å²) in [5.74, 6) is 0.599. The van der Waals surface area contributed by atoms with Gasteiger partial charge in [-0.3, -0.25) is 4.79 Å². The van der Waals surface area contributed by atoms with Gasteiger partial charge in [0.15, 0.2) is 5.82 Å². The second-order valence-electron chi connectivity index (χ2n) is 4.82. The van der Waals surface area contributed by atoms with Gasteiger partial charge in [-0.25, -0.2) is 4.98 Å². The lowest BCUT2D eigenvalue weighted by atomic mass is 10.1. The van der Waals surface area contributed by atoms with E-state index in [1.807, 2.05) is 0 Å². The fourth-order valence-electron chi connectivity index (χ4n) is 2.40. The third kappa shape index (κ3) is 2.65. The lowest BCUT2D eigenvalue weighted by Gasteiger charge is -2.11. The van der Waals surface area contributed by atoms with E-state index in [-0.39, 0.29) is 11.8 Å². The third-order valence-electron chi connectivity index (χ3n) is 3.42. The molecule has 20 heavy (non-hydrogen) atoms.